The van der Waals surface area contributed by atoms with E-state index in [9.17, 15) is 27.1 Å². The van der Waals surface area contributed by atoms with Crippen molar-refractivity contribution in [1.29, 1.82) is 0 Å². The molecule has 2 aliphatic rings. The van der Waals surface area contributed by atoms with Crippen LogP contribution < -0.4 is 14.9 Å². The number of benzene rings is 2. The largest absolute Gasteiger partial charge is 0.378 e. The first-order chi connectivity index (χ1) is 26.6. The number of pyridine rings is 1. The Morgan fingerprint density at radius 2 is 1.79 bits per heavy atom. The third-order valence-corrected chi connectivity index (χ3v) is 10.3. The fourth-order valence-corrected chi connectivity index (χ4v) is 7.87. The van der Waals surface area contributed by atoms with E-state index in [4.69, 9.17) is 16.6 Å². The number of hydrogen-bond donors (Lipinski definition) is 3. The number of aryl methyl sites for hydroxylation is 1. The maximum Gasteiger partial charge on any atom is 0.304 e. The van der Waals surface area contributed by atoms with Crippen LogP contribution in [-0.2, 0) is 40.8 Å². The lowest BCUT2D eigenvalue weighted by Crippen LogP contribution is -2.36. The van der Waals surface area contributed by atoms with Gasteiger partial charge in [0.2, 0.25) is 15.9 Å². The molecule has 3 aromatic heterocycles. The van der Waals surface area contributed by atoms with Crippen LogP contribution in [0.25, 0.3) is 22.0 Å². The third-order valence-electron chi connectivity index (χ3n) is 9.39. The second-order valence-electron chi connectivity index (χ2n) is 14.7. The van der Waals surface area contributed by atoms with Crippen LogP contribution in [0, 0.1) is 41.2 Å². The van der Waals surface area contributed by atoms with Gasteiger partial charge in [0, 0.05) is 43.9 Å². The quantitative estimate of drug-likeness (QED) is 0.128. The molecule has 0 bridgehead atoms. The molecule has 0 saturated carbocycles. The van der Waals surface area contributed by atoms with Gasteiger partial charge in [0.15, 0.2) is 11.6 Å². The Morgan fingerprint density at radius 3 is 2.40 bits per heavy atom. The molecular weight excluding hydrogens is 788 g/mol. The number of rotatable bonds is 10. The van der Waals surface area contributed by atoms with Crippen LogP contribution in [0.2, 0.25) is 5.02 Å². The van der Waals surface area contributed by atoms with E-state index in [0.29, 0.717) is 22.7 Å². The Morgan fingerprint density at radius 1 is 1.11 bits per heavy atom. The summed E-state index contributed by atoms with van der Waals surface area (Å²) >= 11 is 6.62. The molecule has 296 valence electrons. The van der Waals surface area contributed by atoms with Gasteiger partial charge in [0.05, 0.1) is 39.8 Å². The molecule has 0 fully saturated rings. The van der Waals surface area contributed by atoms with Crippen molar-refractivity contribution in [2.75, 3.05) is 30.0 Å². The zero-order valence-corrected chi connectivity index (χ0v) is 32.9. The van der Waals surface area contributed by atoms with Gasteiger partial charge in [0.1, 0.15) is 41.1 Å². The Balaban J connectivity index is 1.39. The number of amides is 1. The molecule has 18 heteroatoms. The zero-order valence-electron chi connectivity index (χ0n) is 31.3. The molecule has 1 unspecified atom stereocenters. The highest BCUT2D eigenvalue weighted by molar-refractivity contribution is 7.92. The van der Waals surface area contributed by atoms with Gasteiger partial charge in [-0.25, -0.2) is 22.2 Å². The first kappa shape index (κ1) is 39.6. The fraction of sp³-hybridized carbons (Fsp3) is 0.333. The van der Waals surface area contributed by atoms with Crippen LogP contribution in [-0.4, -0.2) is 69.9 Å². The van der Waals surface area contributed by atoms with Crippen LogP contribution in [0.1, 0.15) is 54.0 Å². The summed E-state index contributed by atoms with van der Waals surface area (Å²) in [4.78, 5) is 20.5. The van der Waals surface area contributed by atoms with E-state index in [1.807, 2.05) is 0 Å². The number of aromatic nitrogens is 5. The number of hydrogen-bond acceptors (Lipinski definition) is 8. The predicted octanol–water partition coefficient (Wildman–Crippen LogP) is 5.25. The minimum Gasteiger partial charge on any atom is -0.378 e. The van der Waals surface area contributed by atoms with E-state index in [1.54, 1.807) is 44.2 Å². The Kier molecular flexibility index (Phi) is 9.79. The highest BCUT2D eigenvalue weighted by atomic mass is 35.5. The van der Waals surface area contributed by atoms with E-state index < -0.39 is 69.2 Å². The van der Waals surface area contributed by atoms with E-state index in [2.05, 4.69) is 43.9 Å². The Hall–Kier alpha value is -5.62. The molecule has 1 amide bonds. The van der Waals surface area contributed by atoms with Gasteiger partial charge in [-0.2, -0.15) is 19.0 Å². The molecule has 0 radical (unpaired) electrons. The minimum atomic E-state index is -3.80. The molecule has 57 heavy (non-hydrogen) atoms. The molecule has 2 aromatic carbocycles. The minimum absolute atomic E-state index is 0.0522. The maximum atomic E-state index is 15.8. The van der Waals surface area contributed by atoms with Crippen LogP contribution in [0.5, 0.6) is 0 Å². The summed E-state index contributed by atoms with van der Waals surface area (Å²) in [5.41, 5.74) is -0.101. The van der Waals surface area contributed by atoms with Gasteiger partial charge >= 0.3 is 5.92 Å². The maximum absolute atomic E-state index is 15.8. The van der Waals surface area contributed by atoms with E-state index in [0.717, 1.165) is 23.1 Å². The van der Waals surface area contributed by atoms with E-state index in [1.165, 1.54) is 24.6 Å². The molecule has 7 rings (SSSR count). The standard InChI is InChI=1S/C39H35ClF4N8O4S/c1-38(2,54)14-13-23-7-8-24(25-10-12-28(40)32-34(25)51(5)47-36(32)49-57(6,55)56)33(45-23)29(17-20-15-21(41)18-22(42)16-20)46-30(53)19-52-35-31(37(48-52)50(3)4)26-9-11-27(26)39(35,43)44/h7-8,10,12,15-16,18,26-27,29,54H,17,19H2,1-6H3,(H,46,53)(H,47,49)/t26-,27+,29?/m0/s1. The van der Waals surface area contributed by atoms with Crippen molar-refractivity contribution in [2.24, 2.45) is 13.0 Å². The van der Waals surface area contributed by atoms with Crippen molar-refractivity contribution >= 4 is 50.1 Å². The van der Waals surface area contributed by atoms with Gasteiger partial charge < -0.3 is 15.3 Å². The summed E-state index contributed by atoms with van der Waals surface area (Å²) < 4.78 is 90.0. The molecule has 3 atom stereocenters. The van der Waals surface area contributed by atoms with E-state index in [-0.39, 0.29) is 51.0 Å². The first-order valence-corrected chi connectivity index (χ1v) is 19.7. The molecule has 0 spiro atoms. The van der Waals surface area contributed by atoms with Gasteiger partial charge in [-0.3, -0.25) is 18.9 Å². The lowest BCUT2D eigenvalue weighted by molar-refractivity contribution is -0.123. The Bertz CT molecular complexity index is 2720. The number of nitrogens with one attached hydrogen (secondary N) is 2. The van der Waals surface area contributed by atoms with Crippen molar-refractivity contribution in [3.63, 3.8) is 0 Å². The average Bonchev–Trinajstić information content (AvgIpc) is 3.63. The first-order valence-electron chi connectivity index (χ1n) is 17.4. The number of carbonyl (C=O) groups excluding carboxylic acids is 1. The third kappa shape index (κ3) is 7.62. The summed E-state index contributed by atoms with van der Waals surface area (Å²) in [6.45, 7) is 2.28. The van der Waals surface area contributed by atoms with Crippen LogP contribution in [0.15, 0.2) is 42.5 Å². The van der Waals surface area contributed by atoms with Gasteiger partial charge in [-0.15, -0.1) is 0 Å². The van der Waals surface area contributed by atoms with E-state index >= 15 is 8.78 Å². The molecule has 5 aromatic rings. The van der Waals surface area contributed by atoms with Gasteiger partial charge in [-0.05, 0) is 62.1 Å². The molecule has 0 aliphatic heterocycles. The number of alkyl halides is 2. The van der Waals surface area contributed by atoms with Crippen molar-refractivity contribution in [3.05, 3.63) is 87.3 Å². The van der Waals surface area contributed by atoms with Crippen molar-refractivity contribution < 1.29 is 35.9 Å². The topological polar surface area (TPSA) is 147 Å². The van der Waals surface area contributed by atoms with Crippen LogP contribution in [0.4, 0.5) is 29.2 Å². The number of sulfonamides is 1. The SMILES string of the molecule is CN(C)c1nn(CC(=O)NC(Cc2cc(F)cc(F)c2)c2nc(C#CC(C)(C)O)ccc2-c2ccc(Cl)c3c(NS(C)(=O)=O)nn(C)c23)c2c1[C@H]1C#C[C@H]1C2(F)F. The molecular formula is C39H35ClF4N8O4S. The summed E-state index contributed by atoms with van der Waals surface area (Å²) in [6.07, 6.45) is 0.710. The lowest BCUT2D eigenvalue weighted by atomic mass is 9.84. The predicted molar refractivity (Wildman–Crippen MR) is 206 cm³/mol. The number of halogens is 5. The fourth-order valence-electron chi connectivity index (χ4n) is 7.14. The monoisotopic (exact) mass is 822 g/mol. The molecule has 3 N–H and O–H groups in total. The van der Waals surface area contributed by atoms with Crippen molar-refractivity contribution in [2.45, 2.75) is 50.3 Å². The summed E-state index contributed by atoms with van der Waals surface area (Å²) in [5.74, 6) is 3.12. The van der Waals surface area contributed by atoms with Crippen LogP contribution in [0.3, 0.4) is 0 Å². The average molecular weight is 823 g/mol. The van der Waals surface area contributed by atoms with Crippen molar-refractivity contribution in [3.8, 4) is 34.8 Å². The number of aliphatic hydroxyl groups is 1. The summed E-state index contributed by atoms with van der Waals surface area (Å²) in [7, 11) is 1.07. The number of anilines is 2. The smallest absolute Gasteiger partial charge is 0.304 e. The number of nitrogens with zero attached hydrogens (tertiary/aromatic N) is 6. The normalized spacial score (nSPS) is 17.1. The van der Waals surface area contributed by atoms with Crippen LogP contribution >= 0.6 is 11.6 Å². The highest BCUT2D eigenvalue weighted by Gasteiger charge is 2.60. The van der Waals surface area contributed by atoms with Crippen molar-refractivity contribution in [1.82, 2.24) is 29.9 Å². The number of carbonyl (C=O) groups is 1. The molecule has 2 aliphatic carbocycles. The second-order valence-corrected chi connectivity index (χ2v) is 16.9. The zero-order chi connectivity index (χ0) is 41.4. The van der Waals surface area contributed by atoms with Gasteiger partial charge in [0.25, 0.3) is 0 Å². The Labute approximate surface area is 330 Å². The molecule has 3 heterocycles. The highest BCUT2D eigenvalue weighted by Crippen LogP contribution is 2.57. The molecule has 0 saturated heterocycles. The second kappa shape index (κ2) is 14.1. The summed E-state index contributed by atoms with van der Waals surface area (Å²) in [5, 5.41) is 22.4. The molecule has 12 nitrogen and oxygen atoms in total. The number of fused-ring (bicyclic) bond motifs is 4. The van der Waals surface area contributed by atoms with Gasteiger partial charge in [-0.1, -0.05) is 35.4 Å². The summed E-state index contributed by atoms with van der Waals surface area (Å²) in [6, 6.07) is 8.00. The lowest BCUT2D eigenvalue weighted by Gasteiger charge is -2.25.